The minimum absolute atomic E-state index is 0.00285. The minimum Gasteiger partial charge on any atom is -0.353 e. The third kappa shape index (κ3) is 3.67. The summed E-state index contributed by atoms with van der Waals surface area (Å²) in [6.07, 6.45) is 3.39. The van der Waals surface area contributed by atoms with Crippen LogP contribution in [-0.2, 0) is 4.79 Å². The van der Waals surface area contributed by atoms with Gasteiger partial charge in [-0.25, -0.2) is 0 Å². The maximum atomic E-state index is 11.8. The molecule has 1 unspecified atom stereocenters. The van der Waals surface area contributed by atoms with Gasteiger partial charge in [-0.1, -0.05) is 20.3 Å². The van der Waals surface area contributed by atoms with Crippen LogP contribution in [0.2, 0.25) is 0 Å². The summed E-state index contributed by atoms with van der Waals surface area (Å²) in [6, 6.07) is -0.361. The number of hydrogen-bond donors (Lipinski definition) is 2. The van der Waals surface area contributed by atoms with Gasteiger partial charge in [-0.2, -0.15) is 11.8 Å². The molecule has 0 spiro atoms. The second-order valence-corrected chi connectivity index (χ2v) is 6.71. The van der Waals surface area contributed by atoms with E-state index in [2.05, 4.69) is 19.2 Å². The summed E-state index contributed by atoms with van der Waals surface area (Å²) >= 11 is 1.96. The van der Waals surface area contributed by atoms with E-state index in [0.29, 0.717) is 0 Å². The minimum atomic E-state index is -0.361. The zero-order valence-corrected chi connectivity index (χ0v) is 11.4. The second kappa shape index (κ2) is 5.92. The van der Waals surface area contributed by atoms with Gasteiger partial charge in [0.1, 0.15) is 0 Å². The average molecular weight is 244 g/mol. The van der Waals surface area contributed by atoms with E-state index in [-0.39, 0.29) is 22.6 Å². The molecule has 94 valence electrons. The molecule has 0 bridgehead atoms. The maximum absolute atomic E-state index is 11.8. The first-order chi connectivity index (χ1) is 7.48. The predicted octanol–water partition coefficient (Wildman–Crippen LogP) is 1.76. The number of nitrogens with two attached hydrogens (primary N) is 1. The highest BCUT2D eigenvalue weighted by molar-refractivity contribution is 8.00. The van der Waals surface area contributed by atoms with E-state index in [1.54, 1.807) is 0 Å². The second-order valence-electron chi connectivity index (χ2n) is 5.03. The predicted molar refractivity (Wildman–Crippen MR) is 70.5 cm³/mol. The summed E-state index contributed by atoms with van der Waals surface area (Å²) in [6.45, 7) is 7.06. The van der Waals surface area contributed by atoms with Crippen molar-refractivity contribution in [2.45, 2.75) is 50.8 Å². The normalized spacial score (nSPS) is 28.8. The van der Waals surface area contributed by atoms with Crippen molar-refractivity contribution >= 4 is 17.7 Å². The Morgan fingerprint density at radius 3 is 2.81 bits per heavy atom. The van der Waals surface area contributed by atoms with Crippen LogP contribution in [-0.4, -0.2) is 29.0 Å². The van der Waals surface area contributed by atoms with Crippen molar-refractivity contribution in [3.63, 3.8) is 0 Å². The standard InChI is InChI=1S/C12H24N2OS/c1-4-9(2)10(13)11(15)14-8-12(3)6-5-7-16-12/h9-10H,4-8,13H2,1-3H3,(H,14,15)/t9-,10-,12?/m0/s1. The van der Waals surface area contributed by atoms with E-state index >= 15 is 0 Å². The van der Waals surface area contributed by atoms with Crippen molar-refractivity contribution < 1.29 is 4.79 Å². The molecule has 1 rings (SSSR count). The van der Waals surface area contributed by atoms with Gasteiger partial charge in [-0.05, 0) is 31.4 Å². The molecule has 0 aromatic rings. The fraction of sp³-hybridized carbons (Fsp3) is 0.917. The molecule has 3 N–H and O–H groups in total. The molecule has 1 heterocycles. The monoisotopic (exact) mass is 244 g/mol. The maximum Gasteiger partial charge on any atom is 0.237 e. The van der Waals surface area contributed by atoms with E-state index in [4.69, 9.17) is 5.73 Å². The van der Waals surface area contributed by atoms with Gasteiger partial charge in [0.15, 0.2) is 0 Å². The molecule has 0 aliphatic carbocycles. The smallest absolute Gasteiger partial charge is 0.237 e. The lowest BCUT2D eigenvalue weighted by molar-refractivity contribution is -0.123. The van der Waals surface area contributed by atoms with Crippen molar-refractivity contribution in [1.82, 2.24) is 5.32 Å². The molecule has 3 atom stereocenters. The van der Waals surface area contributed by atoms with Crippen LogP contribution < -0.4 is 11.1 Å². The van der Waals surface area contributed by atoms with Gasteiger partial charge in [-0.3, -0.25) is 4.79 Å². The van der Waals surface area contributed by atoms with E-state index in [9.17, 15) is 4.79 Å². The molecular formula is C12H24N2OS. The van der Waals surface area contributed by atoms with E-state index in [1.165, 1.54) is 18.6 Å². The van der Waals surface area contributed by atoms with Crippen molar-refractivity contribution in [2.75, 3.05) is 12.3 Å². The molecule has 1 amide bonds. The Morgan fingerprint density at radius 1 is 1.62 bits per heavy atom. The SMILES string of the molecule is CC[C@H](C)[C@H](N)C(=O)NCC1(C)CCCS1. The molecule has 1 aliphatic rings. The number of thioether (sulfide) groups is 1. The Balaban J connectivity index is 2.34. The molecule has 4 heteroatoms. The van der Waals surface area contributed by atoms with Gasteiger partial charge in [0.2, 0.25) is 5.91 Å². The largest absolute Gasteiger partial charge is 0.353 e. The average Bonchev–Trinajstić information content (AvgIpc) is 2.71. The van der Waals surface area contributed by atoms with Crippen LogP contribution in [0.1, 0.15) is 40.0 Å². The van der Waals surface area contributed by atoms with Gasteiger partial charge in [0, 0.05) is 11.3 Å². The Kier molecular flexibility index (Phi) is 5.12. The van der Waals surface area contributed by atoms with Crippen LogP contribution in [0.25, 0.3) is 0 Å². The van der Waals surface area contributed by atoms with Crippen LogP contribution in [0.5, 0.6) is 0 Å². The topological polar surface area (TPSA) is 55.1 Å². The molecule has 0 radical (unpaired) electrons. The first-order valence-electron chi connectivity index (χ1n) is 6.16. The van der Waals surface area contributed by atoms with E-state index in [0.717, 1.165) is 13.0 Å². The molecular weight excluding hydrogens is 220 g/mol. The van der Waals surface area contributed by atoms with Crippen LogP contribution in [0, 0.1) is 5.92 Å². The number of hydrogen-bond acceptors (Lipinski definition) is 3. The summed E-state index contributed by atoms with van der Waals surface area (Å²) in [7, 11) is 0. The van der Waals surface area contributed by atoms with E-state index < -0.39 is 0 Å². The molecule has 1 fully saturated rings. The highest BCUT2D eigenvalue weighted by atomic mass is 32.2. The van der Waals surface area contributed by atoms with Crippen molar-refractivity contribution in [2.24, 2.45) is 11.7 Å². The lowest BCUT2D eigenvalue weighted by Gasteiger charge is -2.25. The fourth-order valence-electron chi connectivity index (χ4n) is 1.88. The number of rotatable bonds is 5. The van der Waals surface area contributed by atoms with Crippen molar-refractivity contribution in [3.8, 4) is 0 Å². The quantitative estimate of drug-likeness (QED) is 0.775. The van der Waals surface area contributed by atoms with Crippen molar-refractivity contribution in [3.05, 3.63) is 0 Å². The van der Waals surface area contributed by atoms with Gasteiger partial charge in [0.25, 0.3) is 0 Å². The van der Waals surface area contributed by atoms with Gasteiger partial charge >= 0.3 is 0 Å². The zero-order chi connectivity index (χ0) is 12.2. The number of nitrogens with one attached hydrogen (secondary N) is 1. The Morgan fingerprint density at radius 2 is 2.31 bits per heavy atom. The van der Waals surface area contributed by atoms with Gasteiger partial charge in [0.05, 0.1) is 6.04 Å². The van der Waals surface area contributed by atoms with Crippen LogP contribution >= 0.6 is 11.8 Å². The third-order valence-corrected chi connectivity index (χ3v) is 5.03. The molecule has 0 saturated carbocycles. The molecule has 0 aromatic heterocycles. The molecule has 3 nitrogen and oxygen atoms in total. The van der Waals surface area contributed by atoms with E-state index in [1.807, 2.05) is 18.7 Å². The number of amides is 1. The number of carbonyl (C=O) groups is 1. The molecule has 1 saturated heterocycles. The zero-order valence-electron chi connectivity index (χ0n) is 10.6. The first kappa shape index (κ1) is 13.8. The Hall–Kier alpha value is -0.220. The van der Waals surface area contributed by atoms with Crippen LogP contribution in [0.4, 0.5) is 0 Å². The van der Waals surface area contributed by atoms with Gasteiger partial charge in [-0.15, -0.1) is 0 Å². The summed E-state index contributed by atoms with van der Waals surface area (Å²) in [5.41, 5.74) is 5.88. The third-order valence-electron chi connectivity index (χ3n) is 3.50. The van der Waals surface area contributed by atoms with Gasteiger partial charge < -0.3 is 11.1 Å². The summed E-state index contributed by atoms with van der Waals surface area (Å²) in [5.74, 6) is 1.47. The fourth-order valence-corrected chi connectivity index (χ4v) is 3.12. The highest BCUT2D eigenvalue weighted by Crippen LogP contribution is 2.36. The highest BCUT2D eigenvalue weighted by Gasteiger charge is 2.30. The Bertz CT molecular complexity index is 239. The Labute approximate surface area is 103 Å². The molecule has 1 aliphatic heterocycles. The molecule has 16 heavy (non-hydrogen) atoms. The van der Waals surface area contributed by atoms with Crippen LogP contribution in [0.3, 0.4) is 0 Å². The number of carbonyl (C=O) groups excluding carboxylic acids is 1. The molecule has 0 aromatic carbocycles. The lowest BCUT2D eigenvalue weighted by Crippen LogP contribution is -2.48. The summed E-state index contributed by atoms with van der Waals surface area (Å²) < 4.78 is 0.227. The summed E-state index contributed by atoms with van der Waals surface area (Å²) in [4.78, 5) is 11.8. The lowest BCUT2D eigenvalue weighted by atomic mass is 9.99. The van der Waals surface area contributed by atoms with Crippen LogP contribution in [0.15, 0.2) is 0 Å². The summed E-state index contributed by atoms with van der Waals surface area (Å²) in [5, 5.41) is 3.00. The van der Waals surface area contributed by atoms with Crippen molar-refractivity contribution in [1.29, 1.82) is 0 Å². The first-order valence-corrected chi connectivity index (χ1v) is 7.14.